The highest BCUT2D eigenvalue weighted by Gasteiger charge is 2.22. The van der Waals surface area contributed by atoms with Gasteiger partial charge in [0.25, 0.3) is 9.05 Å². The summed E-state index contributed by atoms with van der Waals surface area (Å²) in [6.45, 7) is 1.83. The van der Waals surface area contributed by atoms with Gasteiger partial charge in [-0.3, -0.25) is 0 Å². The van der Waals surface area contributed by atoms with E-state index in [9.17, 15) is 8.42 Å². The van der Waals surface area contributed by atoms with Gasteiger partial charge in [-0.15, -0.1) is 0 Å². The molecule has 0 bridgehead atoms. The molecule has 0 spiro atoms. The fraction of sp³-hybridized carbons (Fsp3) is 0.455. The number of halogens is 1. The first-order valence-electron chi connectivity index (χ1n) is 5.33. The first-order valence-corrected chi connectivity index (χ1v) is 7.64. The Bertz CT molecular complexity index is 467. The van der Waals surface area contributed by atoms with Gasteiger partial charge in [-0.1, -0.05) is 18.2 Å². The first-order chi connectivity index (χ1) is 7.59. The first kappa shape index (κ1) is 11.9. The summed E-state index contributed by atoms with van der Waals surface area (Å²) < 4.78 is 22.9. The molecule has 1 saturated heterocycles. The van der Waals surface area contributed by atoms with Gasteiger partial charge in [-0.2, -0.15) is 0 Å². The zero-order chi connectivity index (χ0) is 11.6. The lowest BCUT2D eigenvalue weighted by Crippen LogP contribution is -2.29. The normalized spacial score (nSPS) is 21.9. The fourth-order valence-corrected chi connectivity index (χ4v) is 3.34. The Labute approximate surface area is 100 Å². The van der Waals surface area contributed by atoms with E-state index in [-0.39, 0.29) is 10.8 Å². The SMILES string of the molecule is O=S(=O)(Cl)c1ccccc1C1CCCNC1. The van der Waals surface area contributed by atoms with Crippen molar-refractivity contribution in [3.63, 3.8) is 0 Å². The van der Waals surface area contributed by atoms with Crippen molar-refractivity contribution in [1.29, 1.82) is 0 Å². The molecule has 1 aromatic rings. The van der Waals surface area contributed by atoms with E-state index in [1.165, 1.54) is 0 Å². The lowest BCUT2D eigenvalue weighted by atomic mass is 9.92. The van der Waals surface area contributed by atoms with Crippen molar-refractivity contribution >= 4 is 19.7 Å². The third-order valence-corrected chi connectivity index (χ3v) is 4.31. The van der Waals surface area contributed by atoms with Crippen LogP contribution >= 0.6 is 10.7 Å². The molecule has 1 N–H and O–H groups in total. The summed E-state index contributed by atoms with van der Waals surface area (Å²) >= 11 is 0. The van der Waals surface area contributed by atoms with E-state index in [2.05, 4.69) is 5.32 Å². The summed E-state index contributed by atoms with van der Waals surface area (Å²) in [5.74, 6) is 0.249. The number of rotatable bonds is 2. The topological polar surface area (TPSA) is 46.2 Å². The quantitative estimate of drug-likeness (QED) is 0.828. The van der Waals surface area contributed by atoms with Crippen LogP contribution in [0.15, 0.2) is 29.2 Å². The molecule has 1 unspecified atom stereocenters. The molecule has 0 aliphatic carbocycles. The van der Waals surface area contributed by atoms with Crippen LogP contribution in [0.3, 0.4) is 0 Å². The summed E-state index contributed by atoms with van der Waals surface area (Å²) in [5, 5.41) is 3.27. The second-order valence-corrected chi connectivity index (χ2v) is 6.55. The average Bonchev–Trinajstić information content (AvgIpc) is 2.29. The highest BCUT2D eigenvalue weighted by molar-refractivity contribution is 8.13. The second kappa shape index (κ2) is 4.73. The van der Waals surface area contributed by atoms with Crippen molar-refractivity contribution in [2.24, 2.45) is 0 Å². The van der Waals surface area contributed by atoms with E-state index in [0.29, 0.717) is 0 Å². The molecule has 16 heavy (non-hydrogen) atoms. The van der Waals surface area contributed by atoms with Gasteiger partial charge in [-0.05, 0) is 36.9 Å². The van der Waals surface area contributed by atoms with Crippen LogP contribution < -0.4 is 5.32 Å². The third-order valence-electron chi connectivity index (χ3n) is 2.92. The van der Waals surface area contributed by atoms with Gasteiger partial charge in [-0.25, -0.2) is 8.42 Å². The maximum Gasteiger partial charge on any atom is 0.261 e. The molecule has 0 radical (unpaired) electrons. The van der Waals surface area contributed by atoms with Gasteiger partial charge >= 0.3 is 0 Å². The molecule has 1 heterocycles. The number of hydrogen-bond acceptors (Lipinski definition) is 3. The Kier molecular flexibility index (Phi) is 3.52. The fourth-order valence-electron chi connectivity index (χ4n) is 2.16. The highest BCUT2D eigenvalue weighted by Crippen LogP contribution is 2.30. The Morgan fingerprint density at radius 3 is 2.69 bits per heavy atom. The Balaban J connectivity index is 2.40. The van der Waals surface area contributed by atoms with E-state index < -0.39 is 9.05 Å². The van der Waals surface area contributed by atoms with Crippen molar-refractivity contribution in [3.05, 3.63) is 29.8 Å². The van der Waals surface area contributed by atoms with Crippen LogP contribution in [0.4, 0.5) is 0 Å². The largest absolute Gasteiger partial charge is 0.316 e. The summed E-state index contributed by atoms with van der Waals surface area (Å²) in [5.41, 5.74) is 0.838. The molecular weight excluding hydrogens is 246 g/mol. The average molecular weight is 260 g/mol. The minimum absolute atomic E-state index is 0.249. The number of piperidine rings is 1. The predicted molar refractivity (Wildman–Crippen MR) is 64.3 cm³/mol. The lowest BCUT2D eigenvalue weighted by molar-refractivity contribution is 0.456. The Morgan fingerprint density at radius 1 is 1.31 bits per heavy atom. The molecular formula is C11H14ClNO2S. The van der Waals surface area contributed by atoms with Gasteiger partial charge in [0.15, 0.2) is 0 Å². The molecule has 2 rings (SSSR count). The lowest BCUT2D eigenvalue weighted by Gasteiger charge is -2.24. The molecule has 1 fully saturated rings. The van der Waals surface area contributed by atoms with E-state index in [1.54, 1.807) is 12.1 Å². The number of nitrogens with one attached hydrogen (secondary N) is 1. The monoisotopic (exact) mass is 259 g/mol. The smallest absolute Gasteiger partial charge is 0.261 e. The summed E-state index contributed by atoms with van der Waals surface area (Å²) in [7, 11) is 1.80. The van der Waals surface area contributed by atoms with E-state index in [4.69, 9.17) is 10.7 Å². The van der Waals surface area contributed by atoms with Crippen LogP contribution in [-0.2, 0) is 9.05 Å². The molecule has 1 atom stereocenters. The van der Waals surface area contributed by atoms with Crippen molar-refractivity contribution in [2.45, 2.75) is 23.7 Å². The predicted octanol–water partition coefficient (Wildman–Crippen LogP) is 2.08. The maximum atomic E-state index is 11.4. The van der Waals surface area contributed by atoms with Gasteiger partial charge in [0, 0.05) is 17.2 Å². The minimum Gasteiger partial charge on any atom is -0.316 e. The maximum absolute atomic E-state index is 11.4. The molecule has 5 heteroatoms. The van der Waals surface area contributed by atoms with Gasteiger partial charge in [0.05, 0.1) is 4.90 Å². The number of hydrogen-bond donors (Lipinski definition) is 1. The van der Waals surface area contributed by atoms with Crippen LogP contribution in [0.2, 0.25) is 0 Å². The van der Waals surface area contributed by atoms with E-state index in [0.717, 1.165) is 31.5 Å². The van der Waals surface area contributed by atoms with Crippen LogP contribution in [0.1, 0.15) is 24.3 Å². The van der Waals surface area contributed by atoms with Gasteiger partial charge in [0.2, 0.25) is 0 Å². The molecule has 0 amide bonds. The standard InChI is InChI=1S/C11H14ClNO2S/c12-16(14,15)11-6-2-1-5-10(11)9-4-3-7-13-8-9/h1-2,5-6,9,13H,3-4,7-8H2. The van der Waals surface area contributed by atoms with Gasteiger partial charge in [0.1, 0.15) is 0 Å². The highest BCUT2D eigenvalue weighted by atomic mass is 35.7. The third kappa shape index (κ3) is 2.56. The number of benzene rings is 1. The molecule has 0 saturated carbocycles. The Morgan fingerprint density at radius 2 is 2.06 bits per heavy atom. The van der Waals surface area contributed by atoms with Crippen LogP contribution in [0.25, 0.3) is 0 Å². The van der Waals surface area contributed by atoms with Crippen LogP contribution in [-0.4, -0.2) is 21.5 Å². The van der Waals surface area contributed by atoms with E-state index in [1.807, 2.05) is 12.1 Å². The molecule has 0 aromatic heterocycles. The zero-order valence-corrected chi connectivity index (χ0v) is 10.4. The van der Waals surface area contributed by atoms with Crippen LogP contribution in [0.5, 0.6) is 0 Å². The van der Waals surface area contributed by atoms with Crippen molar-refractivity contribution in [3.8, 4) is 0 Å². The van der Waals surface area contributed by atoms with Crippen molar-refractivity contribution in [1.82, 2.24) is 5.32 Å². The van der Waals surface area contributed by atoms with Gasteiger partial charge < -0.3 is 5.32 Å². The molecule has 1 aromatic carbocycles. The van der Waals surface area contributed by atoms with Crippen molar-refractivity contribution < 1.29 is 8.42 Å². The van der Waals surface area contributed by atoms with Crippen molar-refractivity contribution in [2.75, 3.05) is 13.1 Å². The minimum atomic E-state index is -3.64. The zero-order valence-electron chi connectivity index (χ0n) is 8.82. The summed E-state index contributed by atoms with van der Waals surface area (Å²) in [4.78, 5) is 0.255. The molecule has 3 nitrogen and oxygen atoms in total. The summed E-state index contributed by atoms with van der Waals surface area (Å²) in [6, 6.07) is 6.99. The summed E-state index contributed by atoms with van der Waals surface area (Å²) in [6.07, 6.45) is 2.08. The van der Waals surface area contributed by atoms with Crippen LogP contribution in [0, 0.1) is 0 Å². The van der Waals surface area contributed by atoms with E-state index >= 15 is 0 Å². The molecule has 1 aliphatic rings. The Hall–Kier alpha value is -0.580. The molecule has 88 valence electrons. The second-order valence-electron chi connectivity index (χ2n) is 4.02. The molecule has 1 aliphatic heterocycles.